The van der Waals surface area contributed by atoms with E-state index in [0.29, 0.717) is 22.3 Å². The number of nitrogens with zero attached hydrogens (tertiary/aromatic N) is 3. The maximum Gasteiger partial charge on any atom is 0.251 e. The van der Waals surface area contributed by atoms with Crippen LogP contribution in [0.15, 0.2) is 66.3 Å². The highest BCUT2D eigenvalue weighted by Crippen LogP contribution is 2.22. The number of carbonyl (C=O) groups is 2. The molecule has 0 fully saturated rings. The van der Waals surface area contributed by atoms with Gasteiger partial charge in [0.2, 0.25) is 5.91 Å². The maximum atomic E-state index is 13.8. The van der Waals surface area contributed by atoms with Crippen LogP contribution in [0.4, 0.5) is 10.1 Å². The molecule has 3 N–H and O–H groups in total. The van der Waals surface area contributed by atoms with Gasteiger partial charge in [-0.15, -0.1) is 16.8 Å². The molecule has 2 aromatic carbocycles. The van der Waals surface area contributed by atoms with Gasteiger partial charge in [0, 0.05) is 12.1 Å². The molecule has 0 aliphatic rings. The van der Waals surface area contributed by atoms with Crippen molar-refractivity contribution in [2.24, 2.45) is 0 Å². The van der Waals surface area contributed by atoms with Crippen molar-refractivity contribution >= 4 is 29.3 Å². The third-order valence-corrected chi connectivity index (χ3v) is 5.66. The smallest absolute Gasteiger partial charge is 0.251 e. The number of rotatable bonds is 11. The summed E-state index contributed by atoms with van der Waals surface area (Å²) >= 11 is 1.09. The zero-order valence-electron chi connectivity index (χ0n) is 18.4. The van der Waals surface area contributed by atoms with Crippen LogP contribution in [-0.2, 0) is 11.3 Å². The first kappa shape index (κ1) is 24.9. The second kappa shape index (κ2) is 12.0. The third kappa shape index (κ3) is 6.21. The van der Waals surface area contributed by atoms with E-state index in [4.69, 9.17) is 4.74 Å². The second-order valence-corrected chi connectivity index (χ2v) is 7.94. The molecule has 0 spiro atoms. The lowest BCUT2D eigenvalue weighted by Gasteiger charge is -2.17. The summed E-state index contributed by atoms with van der Waals surface area (Å²) in [6.07, 6.45) is 1.61. The Bertz CT molecular complexity index is 1150. The number of hydrogen-bond acceptors (Lipinski definition) is 7. The fourth-order valence-corrected chi connectivity index (χ4v) is 3.77. The molecule has 3 rings (SSSR count). The summed E-state index contributed by atoms with van der Waals surface area (Å²) in [6, 6.07) is 11.5. The molecule has 1 aromatic heterocycles. The number of aliphatic hydroxyl groups excluding tert-OH is 1. The average Bonchev–Trinajstić information content (AvgIpc) is 3.25. The maximum absolute atomic E-state index is 13.8. The highest BCUT2D eigenvalue weighted by Gasteiger charge is 2.23. The predicted molar refractivity (Wildman–Crippen MR) is 126 cm³/mol. The largest absolute Gasteiger partial charge is 0.497 e. The zero-order chi connectivity index (χ0) is 24.5. The quantitative estimate of drug-likeness (QED) is 0.282. The number of aliphatic hydroxyl groups is 1. The monoisotopic (exact) mass is 485 g/mol. The van der Waals surface area contributed by atoms with Crippen LogP contribution in [0.25, 0.3) is 0 Å². The Morgan fingerprint density at radius 2 is 1.97 bits per heavy atom. The Labute approximate surface area is 200 Å². The van der Waals surface area contributed by atoms with Crippen LogP contribution in [0.1, 0.15) is 22.2 Å². The van der Waals surface area contributed by atoms with Crippen molar-refractivity contribution in [3.05, 3.63) is 78.4 Å². The molecule has 1 heterocycles. The molecule has 0 unspecified atom stereocenters. The normalized spacial score (nSPS) is 11.5. The first-order valence-corrected chi connectivity index (χ1v) is 11.2. The first-order chi connectivity index (χ1) is 16.5. The van der Waals surface area contributed by atoms with Crippen molar-refractivity contribution in [1.29, 1.82) is 0 Å². The summed E-state index contributed by atoms with van der Waals surface area (Å²) in [5, 5.41) is 23.8. The van der Waals surface area contributed by atoms with Gasteiger partial charge in [-0.2, -0.15) is 0 Å². The fourth-order valence-electron chi connectivity index (χ4n) is 3.02. The summed E-state index contributed by atoms with van der Waals surface area (Å²) in [7, 11) is 1.53. The molecular formula is C23H24FN5O4S. The van der Waals surface area contributed by atoms with Crippen molar-refractivity contribution in [2.45, 2.75) is 17.7 Å². The van der Waals surface area contributed by atoms with E-state index < -0.39 is 30.3 Å². The number of amides is 2. The van der Waals surface area contributed by atoms with Crippen LogP contribution in [0.3, 0.4) is 0 Å². The van der Waals surface area contributed by atoms with E-state index in [-0.39, 0.29) is 18.0 Å². The van der Waals surface area contributed by atoms with E-state index in [2.05, 4.69) is 27.4 Å². The molecular weight excluding hydrogens is 461 g/mol. The Balaban J connectivity index is 1.70. The molecule has 0 aliphatic heterocycles. The molecule has 0 radical (unpaired) electrons. The summed E-state index contributed by atoms with van der Waals surface area (Å²) in [5.74, 6) is -0.491. The third-order valence-electron chi connectivity index (χ3n) is 4.69. The van der Waals surface area contributed by atoms with E-state index in [1.807, 2.05) is 0 Å². The number of methoxy groups -OCH3 is 1. The number of thioether (sulfide) groups is 1. The van der Waals surface area contributed by atoms with Gasteiger partial charge in [0.15, 0.2) is 11.0 Å². The van der Waals surface area contributed by atoms with Gasteiger partial charge in [0.1, 0.15) is 17.6 Å². The minimum atomic E-state index is -0.844. The van der Waals surface area contributed by atoms with Crippen molar-refractivity contribution in [1.82, 2.24) is 20.1 Å². The first-order valence-electron chi connectivity index (χ1n) is 10.2. The summed E-state index contributed by atoms with van der Waals surface area (Å²) in [4.78, 5) is 24.9. The molecule has 178 valence electrons. The Hall–Kier alpha value is -3.70. The van der Waals surface area contributed by atoms with Crippen LogP contribution in [0.2, 0.25) is 0 Å². The van der Waals surface area contributed by atoms with Gasteiger partial charge in [-0.1, -0.05) is 30.0 Å². The van der Waals surface area contributed by atoms with Gasteiger partial charge in [-0.3, -0.25) is 9.59 Å². The van der Waals surface area contributed by atoms with Crippen LogP contribution in [0, 0.1) is 5.82 Å². The number of ether oxygens (including phenoxy) is 1. The highest BCUT2D eigenvalue weighted by atomic mass is 32.2. The van der Waals surface area contributed by atoms with E-state index >= 15 is 0 Å². The summed E-state index contributed by atoms with van der Waals surface area (Å²) in [5.41, 5.74) is 0.469. The van der Waals surface area contributed by atoms with Crippen molar-refractivity contribution in [2.75, 3.05) is 24.8 Å². The van der Waals surface area contributed by atoms with Gasteiger partial charge in [-0.25, -0.2) is 4.39 Å². The predicted octanol–water partition coefficient (Wildman–Crippen LogP) is 2.81. The van der Waals surface area contributed by atoms with Gasteiger partial charge in [-0.05, 0) is 36.4 Å². The van der Waals surface area contributed by atoms with Gasteiger partial charge >= 0.3 is 0 Å². The zero-order valence-corrected chi connectivity index (χ0v) is 19.2. The van der Waals surface area contributed by atoms with Crippen LogP contribution in [-0.4, -0.2) is 51.2 Å². The van der Waals surface area contributed by atoms with E-state index in [1.54, 1.807) is 41.0 Å². The van der Waals surface area contributed by atoms with E-state index in [1.165, 1.54) is 25.3 Å². The van der Waals surface area contributed by atoms with Gasteiger partial charge in [0.25, 0.3) is 5.91 Å². The number of carbonyl (C=O) groups excluding carboxylic acids is 2. The highest BCUT2D eigenvalue weighted by molar-refractivity contribution is 7.99. The molecule has 3 aromatic rings. The molecule has 0 aliphatic carbocycles. The number of nitrogens with one attached hydrogen (secondary N) is 2. The van der Waals surface area contributed by atoms with Crippen LogP contribution >= 0.6 is 11.8 Å². The Morgan fingerprint density at radius 1 is 1.24 bits per heavy atom. The number of para-hydroxylation sites is 1. The lowest BCUT2D eigenvalue weighted by atomic mass is 10.2. The molecule has 9 nitrogen and oxygen atoms in total. The Morgan fingerprint density at radius 3 is 2.62 bits per heavy atom. The van der Waals surface area contributed by atoms with Crippen molar-refractivity contribution in [3.63, 3.8) is 0 Å². The second-order valence-electron chi connectivity index (χ2n) is 6.99. The number of aromatic nitrogens is 3. The molecule has 0 saturated heterocycles. The van der Waals surface area contributed by atoms with Crippen LogP contribution in [0.5, 0.6) is 5.75 Å². The topological polar surface area (TPSA) is 118 Å². The van der Waals surface area contributed by atoms with Crippen molar-refractivity contribution in [3.8, 4) is 5.75 Å². The van der Waals surface area contributed by atoms with Crippen molar-refractivity contribution < 1.29 is 23.8 Å². The van der Waals surface area contributed by atoms with Gasteiger partial charge in [0.05, 0.1) is 25.2 Å². The number of anilines is 1. The minimum absolute atomic E-state index is 0.0500. The number of benzene rings is 2. The van der Waals surface area contributed by atoms with E-state index in [0.717, 1.165) is 11.8 Å². The number of halogens is 1. The van der Waals surface area contributed by atoms with Gasteiger partial charge < -0.3 is 25.0 Å². The summed E-state index contributed by atoms with van der Waals surface area (Å²) in [6.45, 7) is 3.59. The average molecular weight is 486 g/mol. The molecule has 0 saturated carbocycles. The lowest BCUT2D eigenvalue weighted by molar-refractivity contribution is -0.113. The molecule has 11 heteroatoms. The van der Waals surface area contributed by atoms with E-state index in [9.17, 15) is 19.1 Å². The summed E-state index contributed by atoms with van der Waals surface area (Å²) < 4.78 is 20.5. The molecule has 34 heavy (non-hydrogen) atoms. The molecule has 2 amide bonds. The molecule has 1 atom stereocenters. The number of hydrogen-bond donors (Lipinski definition) is 3. The number of allylic oxidation sites excluding steroid dienone is 1. The fraction of sp³-hybridized carbons (Fsp3) is 0.217. The Kier molecular flexibility index (Phi) is 8.77. The SMILES string of the molecule is C=CCn1c(SCC(=O)Nc2ccccc2F)nnc1[C@H](CO)NC(=O)c1ccc(OC)cc1. The standard InChI is InChI=1S/C23H24FN5O4S/c1-3-12-29-21(19(13-30)26-22(32)15-8-10-16(33-2)11-9-15)27-28-23(29)34-14-20(31)25-18-7-5-4-6-17(18)24/h3-11,19,30H,1,12-14H2,2H3,(H,25,31)(H,26,32)/t19-/m0/s1. The minimum Gasteiger partial charge on any atom is -0.497 e. The van der Waals surface area contributed by atoms with Crippen LogP contribution < -0.4 is 15.4 Å². The lowest BCUT2D eigenvalue weighted by Crippen LogP contribution is -2.33. The molecule has 0 bridgehead atoms.